The van der Waals surface area contributed by atoms with Crippen molar-refractivity contribution in [3.05, 3.63) is 53.7 Å². The van der Waals surface area contributed by atoms with Gasteiger partial charge in [-0.1, -0.05) is 30.2 Å². The number of carbonyl (C=O) groups excluding carboxylic acids is 1. The first-order chi connectivity index (χ1) is 17.3. The highest BCUT2D eigenvalue weighted by atomic mass is 35.5. The Morgan fingerprint density at radius 1 is 1.33 bits per heavy atom. The number of hydrogen-bond donors (Lipinski definition) is 2. The van der Waals surface area contributed by atoms with Gasteiger partial charge in [-0.15, -0.1) is 0 Å². The third kappa shape index (κ3) is 4.22. The lowest BCUT2D eigenvalue weighted by molar-refractivity contribution is -0.132. The fourth-order valence-corrected chi connectivity index (χ4v) is 5.19. The van der Waals surface area contributed by atoms with Crippen molar-refractivity contribution in [2.75, 3.05) is 31.9 Å². The van der Waals surface area contributed by atoms with Gasteiger partial charge in [0.2, 0.25) is 5.91 Å². The van der Waals surface area contributed by atoms with Crippen LogP contribution >= 0.6 is 11.6 Å². The lowest BCUT2D eigenvalue weighted by Crippen LogP contribution is -2.61. The number of halogens is 2. The molecule has 2 atom stereocenters. The molecule has 8 nitrogen and oxygen atoms in total. The molecule has 0 saturated carbocycles. The number of likely N-dealkylation sites (tertiary alicyclic amines) is 2. The van der Waals surface area contributed by atoms with Crippen LogP contribution in [-0.4, -0.2) is 73.7 Å². The van der Waals surface area contributed by atoms with Gasteiger partial charge in [-0.3, -0.25) is 9.69 Å². The Morgan fingerprint density at radius 3 is 2.81 bits per heavy atom. The van der Waals surface area contributed by atoms with Crippen LogP contribution < -0.4 is 5.73 Å². The van der Waals surface area contributed by atoms with Crippen molar-refractivity contribution < 1.29 is 14.3 Å². The summed E-state index contributed by atoms with van der Waals surface area (Å²) >= 11 is 5.91. The van der Waals surface area contributed by atoms with E-state index in [9.17, 15) is 14.3 Å². The summed E-state index contributed by atoms with van der Waals surface area (Å²) in [5.41, 5.74) is 8.72. The topological polar surface area (TPSA) is 101 Å². The van der Waals surface area contributed by atoms with Crippen molar-refractivity contribution in [1.82, 2.24) is 24.3 Å². The van der Waals surface area contributed by atoms with E-state index < -0.39 is 11.9 Å². The number of aliphatic hydroxyl groups excluding tert-OH is 1. The van der Waals surface area contributed by atoms with E-state index in [4.69, 9.17) is 17.3 Å². The number of benzene rings is 1. The summed E-state index contributed by atoms with van der Waals surface area (Å²) in [7, 11) is 1.84. The van der Waals surface area contributed by atoms with Crippen LogP contribution in [0.4, 0.5) is 10.2 Å². The van der Waals surface area contributed by atoms with Crippen molar-refractivity contribution in [1.29, 1.82) is 0 Å². The molecule has 3 N–H and O–H groups in total. The zero-order valence-corrected chi connectivity index (χ0v) is 20.5. The Hall–Kier alpha value is -3.45. The summed E-state index contributed by atoms with van der Waals surface area (Å²) in [5.74, 6) is 6.32. The highest BCUT2D eigenvalue weighted by Crippen LogP contribution is 2.37. The monoisotopic (exact) mass is 508 g/mol. The number of amides is 1. The molecule has 2 saturated heterocycles. The van der Waals surface area contributed by atoms with Gasteiger partial charge in [-0.25, -0.2) is 14.4 Å². The third-order valence-corrected chi connectivity index (χ3v) is 7.32. The van der Waals surface area contributed by atoms with Gasteiger partial charge in [0, 0.05) is 50.7 Å². The Bertz CT molecular complexity index is 1420. The SMILES string of the molecule is C=CC(=O)N1CC[C@@H](N2CC(C#Cc3c(-c4ccc(Cl)c(F)c4)c4c(N)ncnc4n3C)C2)[C@@H](O)C1. The maximum atomic E-state index is 14.3. The minimum Gasteiger partial charge on any atom is -0.390 e. The summed E-state index contributed by atoms with van der Waals surface area (Å²) < 4.78 is 16.2. The van der Waals surface area contributed by atoms with Gasteiger partial charge in [0.05, 0.1) is 16.5 Å². The molecular weight excluding hydrogens is 483 g/mol. The van der Waals surface area contributed by atoms with Gasteiger partial charge in [0.25, 0.3) is 0 Å². The van der Waals surface area contributed by atoms with Gasteiger partial charge >= 0.3 is 0 Å². The van der Waals surface area contributed by atoms with E-state index >= 15 is 0 Å². The number of β-amino-alcohol motifs (C(OH)–C–C–N with tert-alkyl or cyclic N) is 1. The number of anilines is 1. The molecule has 186 valence electrons. The summed E-state index contributed by atoms with van der Waals surface area (Å²) in [6.07, 6.45) is 2.77. The zero-order valence-electron chi connectivity index (χ0n) is 19.8. The van der Waals surface area contributed by atoms with Crippen molar-refractivity contribution in [2.24, 2.45) is 13.0 Å². The fraction of sp³-hybridized carbons (Fsp3) is 0.346. The predicted octanol–water partition coefficient (Wildman–Crippen LogP) is 2.44. The van der Waals surface area contributed by atoms with Crippen LogP contribution in [0.3, 0.4) is 0 Å². The maximum absolute atomic E-state index is 14.3. The van der Waals surface area contributed by atoms with Crippen LogP contribution in [0.1, 0.15) is 12.1 Å². The number of carbonyl (C=O) groups is 1. The van der Waals surface area contributed by atoms with Crippen LogP contribution in [0.15, 0.2) is 37.2 Å². The predicted molar refractivity (Wildman–Crippen MR) is 136 cm³/mol. The Morgan fingerprint density at radius 2 is 2.11 bits per heavy atom. The second-order valence-electron chi connectivity index (χ2n) is 9.20. The molecule has 10 heteroatoms. The first kappa shape index (κ1) is 24.3. The smallest absolute Gasteiger partial charge is 0.246 e. The summed E-state index contributed by atoms with van der Waals surface area (Å²) in [4.78, 5) is 24.2. The average molecular weight is 509 g/mol. The molecule has 2 fully saturated rings. The normalized spacial score (nSPS) is 20.6. The van der Waals surface area contributed by atoms with E-state index in [2.05, 4.69) is 33.3 Å². The van der Waals surface area contributed by atoms with Crippen molar-refractivity contribution >= 4 is 34.4 Å². The zero-order chi connectivity index (χ0) is 25.6. The lowest BCUT2D eigenvalue weighted by atomic mass is 9.91. The van der Waals surface area contributed by atoms with Crippen molar-refractivity contribution in [3.63, 3.8) is 0 Å². The molecule has 4 heterocycles. The second kappa shape index (κ2) is 9.54. The van der Waals surface area contributed by atoms with Crippen LogP contribution in [-0.2, 0) is 11.8 Å². The standard InChI is InChI=1S/C26H26ClFN6O2/c1-3-22(36)33-9-8-19(21(35)13-33)34-11-15(12-34)4-7-20-23(16-5-6-17(27)18(28)10-16)24-25(29)30-14-31-26(24)32(20)2/h3,5-6,10,14-15,19,21,35H,1,8-9,11-13H2,2H3,(H2,29,30,31)/t19-,21+/m1/s1. The first-order valence-corrected chi connectivity index (χ1v) is 12.1. The number of nitrogen functional groups attached to an aromatic ring is 1. The van der Waals surface area contributed by atoms with E-state index in [0.29, 0.717) is 53.2 Å². The molecule has 0 radical (unpaired) electrons. The number of aryl methyl sites for hydroxylation is 1. The molecule has 1 amide bonds. The Balaban J connectivity index is 1.39. The van der Waals surface area contributed by atoms with Gasteiger partial charge in [0.15, 0.2) is 0 Å². The summed E-state index contributed by atoms with van der Waals surface area (Å²) in [5, 5.41) is 11.2. The molecule has 5 rings (SSSR count). The summed E-state index contributed by atoms with van der Waals surface area (Å²) in [6, 6.07) is 4.60. The van der Waals surface area contributed by atoms with Gasteiger partial charge in [-0.2, -0.15) is 0 Å². The molecule has 2 aliphatic heterocycles. The number of aliphatic hydroxyl groups is 1. The second-order valence-corrected chi connectivity index (χ2v) is 9.61. The lowest BCUT2D eigenvalue weighted by Gasteiger charge is -2.47. The number of nitrogens with two attached hydrogens (primary N) is 1. The highest BCUT2D eigenvalue weighted by Gasteiger charge is 2.38. The minimum atomic E-state index is -0.609. The molecule has 0 unspecified atom stereocenters. The van der Waals surface area contributed by atoms with Crippen LogP contribution in [0.5, 0.6) is 0 Å². The number of rotatable bonds is 3. The van der Waals surface area contributed by atoms with Crippen LogP contribution in [0.25, 0.3) is 22.2 Å². The average Bonchev–Trinajstić information content (AvgIpc) is 3.13. The molecular formula is C26H26ClFN6O2. The maximum Gasteiger partial charge on any atom is 0.246 e. The van der Waals surface area contributed by atoms with E-state index in [1.165, 1.54) is 24.5 Å². The van der Waals surface area contributed by atoms with E-state index in [1.54, 1.807) is 11.0 Å². The molecule has 0 aliphatic carbocycles. The highest BCUT2D eigenvalue weighted by molar-refractivity contribution is 6.30. The number of nitrogens with zero attached hydrogens (tertiary/aromatic N) is 5. The first-order valence-electron chi connectivity index (χ1n) is 11.7. The van der Waals surface area contributed by atoms with Crippen molar-refractivity contribution in [3.8, 4) is 23.0 Å². The molecule has 0 bridgehead atoms. The molecule has 2 aromatic heterocycles. The number of hydrogen-bond acceptors (Lipinski definition) is 6. The molecule has 3 aromatic rings. The third-order valence-electron chi connectivity index (χ3n) is 7.01. The minimum absolute atomic E-state index is 0.00258. The van der Waals surface area contributed by atoms with Crippen LogP contribution in [0.2, 0.25) is 5.02 Å². The van der Waals surface area contributed by atoms with E-state index in [-0.39, 0.29) is 22.9 Å². The van der Waals surface area contributed by atoms with Gasteiger partial charge < -0.3 is 20.3 Å². The van der Waals surface area contributed by atoms with Gasteiger partial charge in [-0.05, 0) is 36.1 Å². The number of fused-ring (bicyclic) bond motifs is 1. The molecule has 2 aliphatic rings. The molecule has 36 heavy (non-hydrogen) atoms. The Labute approximate surface area is 213 Å². The largest absolute Gasteiger partial charge is 0.390 e. The van der Waals surface area contributed by atoms with Crippen molar-refractivity contribution in [2.45, 2.75) is 18.6 Å². The number of aromatic nitrogens is 3. The Kier molecular flexibility index (Phi) is 6.43. The molecule has 0 spiro atoms. The van der Waals surface area contributed by atoms with E-state index in [0.717, 1.165) is 13.1 Å². The fourth-order valence-electron chi connectivity index (χ4n) is 5.07. The van der Waals surface area contributed by atoms with Crippen LogP contribution in [0, 0.1) is 23.6 Å². The molecule has 1 aromatic carbocycles. The number of piperidine rings is 1. The quantitative estimate of drug-likeness (QED) is 0.416. The summed E-state index contributed by atoms with van der Waals surface area (Å²) in [6.45, 7) is 5.87. The van der Waals surface area contributed by atoms with Gasteiger partial charge in [0.1, 0.15) is 29.3 Å². The van der Waals surface area contributed by atoms with E-state index in [1.807, 2.05) is 11.6 Å².